The second-order valence-electron chi connectivity index (χ2n) is 3.16. The molecule has 0 fully saturated rings. The number of nitrogen functional groups attached to an aromatic ring is 1. The van der Waals surface area contributed by atoms with Crippen LogP contribution in [0.1, 0.15) is 10.6 Å². The summed E-state index contributed by atoms with van der Waals surface area (Å²) in [6.45, 7) is 0. The number of anilines is 2. The summed E-state index contributed by atoms with van der Waals surface area (Å²) >= 11 is 5.79. The maximum atomic E-state index is 11.6. The number of halogens is 1. The number of amides is 1. The van der Waals surface area contributed by atoms with Crippen molar-refractivity contribution in [2.75, 3.05) is 11.1 Å². The lowest BCUT2D eigenvalue weighted by Crippen LogP contribution is -2.12. The van der Waals surface area contributed by atoms with Crippen molar-refractivity contribution >= 4 is 28.9 Å². The molecule has 1 aromatic heterocycles. The lowest BCUT2D eigenvalue weighted by atomic mass is 10.2. The molecule has 0 spiro atoms. The zero-order valence-electron chi connectivity index (χ0n) is 8.24. The first-order chi connectivity index (χ1) is 7.66. The highest BCUT2D eigenvalue weighted by Crippen LogP contribution is 2.23. The Bertz CT molecular complexity index is 509. The molecular formula is C11H9ClN2O2. The summed E-state index contributed by atoms with van der Waals surface area (Å²) < 4.78 is 4.95. The molecule has 0 atom stereocenters. The van der Waals surface area contributed by atoms with E-state index < -0.39 is 0 Å². The van der Waals surface area contributed by atoms with Crippen LogP contribution < -0.4 is 11.1 Å². The molecule has 1 heterocycles. The Labute approximate surface area is 97.0 Å². The van der Waals surface area contributed by atoms with Crippen molar-refractivity contribution in [2.24, 2.45) is 0 Å². The van der Waals surface area contributed by atoms with E-state index in [0.29, 0.717) is 16.4 Å². The number of hydrogen-bond acceptors (Lipinski definition) is 3. The van der Waals surface area contributed by atoms with Gasteiger partial charge >= 0.3 is 0 Å². The van der Waals surface area contributed by atoms with Gasteiger partial charge in [-0.05, 0) is 30.3 Å². The highest BCUT2D eigenvalue weighted by Gasteiger charge is 2.10. The Morgan fingerprint density at radius 3 is 2.88 bits per heavy atom. The Kier molecular flexibility index (Phi) is 2.83. The second-order valence-corrected chi connectivity index (χ2v) is 3.60. The number of furan rings is 1. The van der Waals surface area contributed by atoms with Gasteiger partial charge in [-0.25, -0.2) is 0 Å². The first-order valence-electron chi connectivity index (χ1n) is 4.56. The fourth-order valence-electron chi connectivity index (χ4n) is 1.23. The van der Waals surface area contributed by atoms with E-state index in [4.69, 9.17) is 21.8 Å². The van der Waals surface area contributed by atoms with E-state index in [0.717, 1.165) is 0 Å². The Hall–Kier alpha value is -1.94. The number of nitrogens with one attached hydrogen (secondary N) is 1. The molecule has 3 N–H and O–H groups in total. The molecule has 2 aromatic rings. The summed E-state index contributed by atoms with van der Waals surface area (Å²) in [6, 6.07) is 8.06. The monoisotopic (exact) mass is 236 g/mol. The van der Waals surface area contributed by atoms with Crippen molar-refractivity contribution in [3.63, 3.8) is 0 Å². The fraction of sp³-hybridized carbons (Fsp3) is 0. The summed E-state index contributed by atoms with van der Waals surface area (Å²) in [7, 11) is 0. The van der Waals surface area contributed by atoms with Crippen molar-refractivity contribution in [3.05, 3.63) is 47.4 Å². The standard InChI is InChI=1S/C11H9ClN2O2/c12-7-3-4-8(13)9(6-7)14-11(15)10-2-1-5-16-10/h1-6H,13H2,(H,14,15). The second kappa shape index (κ2) is 4.28. The van der Waals surface area contributed by atoms with E-state index >= 15 is 0 Å². The molecule has 0 aliphatic carbocycles. The number of nitrogens with two attached hydrogens (primary N) is 1. The fourth-order valence-corrected chi connectivity index (χ4v) is 1.40. The van der Waals surface area contributed by atoms with Crippen molar-refractivity contribution in [1.29, 1.82) is 0 Å². The molecule has 0 unspecified atom stereocenters. The quantitative estimate of drug-likeness (QED) is 0.788. The zero-order valence-corrected chi connectivity index (χ0v) is 8.99. The first kappa shape index (κ1) is 10.6. The van der Waals surface area contributed by atoms with Gasteiger partial charge in [0.1, 0.15) is 0 Å². The first-order valence-corrected chi connectivity index (χ1v) is 4.94. The molecule has 0 saturated heterocycles. The molecule has 82 valence electrons. The Balaban J connectivity index is 2.21. The van der Waals surface area contributed by atoms with Crippen LogP contribution in [-0.4, -0.2) is 5.91 Å². The van der Waals surface area contributed by atoms with Crippen LogP contribution in [0, 0.1) is 0 Å². The van der Waals surface area contributed by atoms with Crippen LogP contribution in [0.5, 0.6) is 0 Å². The van der Waals surface area contributed by atoms with E-state index in [2.05, 4.69) is 5.32 Å². The third kappa shape index (κ3) is 2.17. The van der Waals surface area contributed by atoms with Gasteiger partial charge in [-0.1, -0.05) is 11.6 Å². The predicted octanol–water partition coefficient (Wildman–Crippen LogP) is 2.77. The van der Waals surface area contributed by atoms with Gasteiger partial charge < -0.3 is 15.5 Å². The molecule has 5 heteroatoms. The van der Waals surface area contributed by atoms with Crippen LogP contribution in [0.15, 0.2) is 41.0 Å². The molecule has 0 aliphatic heterocycles. The van der Waals surface area contributed by atoms with Gasteiger partial charge in [0.05, 0.1) is 17.6 Å². The maximum Gasteiger partial charge on any atom is 0.291 e. The summed E-state index contributed by atoms with van der Waals surface area (Å²) in [4.78, 5) is 11.6. The Morgan fingerprint density at radius 1 is 1.38 bits per heavy atom. The lowest BCUT2D eigenvalue weighted by molar-refractivity contribution is 0.0996. The van der Waals surface area contributed by atoms with Crippen LogP contribution in [0.25, 0.3) is 0 Å². The normalized spacial score (nSPS) is 10.1. The number of carbonyl (C=O) groups excluding carboxylic acids is 1. The molecule has 16 heavy (non-hydrogen) atoms. The smallest absolute Gasteiger partial charge is 0.291 e. The molecule has 1 aromatic carbocycles. The molecule has 1 amide bonds. The minimum atomic E-state index is -0.362. The van der Waals surface area contributed by atoms with Crippen molar-refractivity contribution in [1.82, 2.24) is 0 Å². The maximum absolute atomic E-state index is 11.6. The lowest BCUT2D eigenvalue weighted by Gasteiger charge is -2.06. The average molecular weight is 237 g/mol. The van der Waals surface area contributed by atoms with Crippen LogP contribution in [0.3, 0.4) is 0 Å². The van der Waals surface area contributed by atoms with Crippen LogP contribution in [-0.2, 0) is 0 Å². The summed E-state index contributed by atoms with van der Waals surface area (Å²) in [6.07, 6.45) is 1.43. The third-order valence-electron chi connectivity index (χ3n) is 2.01. The van der Waals surface area contributed by atoms with Gasteiger partial charge in [0.2, 0.25) is 0 Å². The van der Waals surface area contributed by atoms with Gasteiger partial charge in [-0.2, -0.15) is 0 Å². The minimum Gasteiger partial charge on any atom is -0.459 e. The number of benzene rings is 1. The van der Waals surface area contributed by atoms with Crippen LogP contribution in [0.2, 0.25) is 5.02 Å². The molecule has 0 saturated carbocycles. The zero-order chi connectivity index (χ0) is 11.5. The third-order valence-corrected chi connectivity index (χ3v) is 2.24. The largest absolute Gasteiger partial charge is 0.459 e. The Morgan fingerprint density at radius 2 is 2.19 bits per heavy atom. The van der Waals surface area contributed by atoms with Crippen molar-refractivity contribution in [3.8, 4) is 0 Å². The van der Waals surface area contributed by atoms with E-state index in [1.54, 1.807) is 30.3 Å². The van der Waals surface area contributed by atoms with E-state index in [-0.39, 0.29) is 11.7 Å². The molecule has 0 bridgehead atoms. The van der Waals surface area contributed by atoms with Gasteiger partial charge in [-0.15, -0.1) is 0 Å². The summed E-state index contributed by atoms with van der Waals surface area (Å²) in [5.74, 6) is -0.140. The number of hydrogen-bond donors (Lipinski definition) is 2. The number of rotatable bonds is 2. The van der Waals surface area contributed by atoms with Crippen LogP contribution >= 0.6 is 11.6 Å². The molecule has 4 nitrogen and oxygen atoms in total. The van der Waals surface area contributed by atoms with Gasteiger partial charge in [-0.3, -0.25) is 4.79 Å². The van der Waals surface area contributed by atoms with E-state index in [1.165, 1.54) is 6.26 Å². The van der Waals surface area contributed by atoms with E-state index in [1.807, 2.05) is 0 Å². The van der Waals surface area contributed by atoms with Gasteiger partial charge in [0.25, 0.3) is 5.91 Å². The molecule has 0 aliphatic rings. The van der Waals surface area contributed by atoms with E-state index in [9.17, 15) is 4.79 Å². The molecule has 0 radical (unpaired) electrons. The SMILES string of the molecule is Nc1ccc(Cl)cc1NC(=O)c1ccco1. The highest BCUT2D eigenvalue weighted by molar-refractivity contribution is 6.31. The molecule has 2 rings (SSSR count). The summed E-state index contributed by atoms with van der Waals surface area (Å²) in [5, 5.41) is 3.11. The van der Waals surface area contributed by atoms with Crippen molar-refractivity contribution in [2.45, 2.75) is 0 Å². The van der Waals surface area contributed by atoms with Crippen LogP contribution in [0.4, 0.5) is 11.4 Å². The van der Waals surface area contributed by atoms with Gasteiger partial charge in [0.15, 0.2) is 5.76 Å². The summed E-state index contributed by atoms with van der Waals surface area (Å²) in [5.41, 5.74) is 6.60. The highest BCUT2D eigenvalue weighted by atomic mass is 35.5. The average Bonchev–Trinajstić information content (AvgIpc) is 2.76. The number of carbonyl (C=O) groups is 1. The predicted molar refractivity (Wildman–Crippen MR) is 62.5 cm³/mol. The van der Waals surface area contributed by atoms with Gasteiger partial charge in [0, 0.05) is 5.02 Å². The van der Waals surface area contributed by atoms with Crippen molar-refractivity contribution < 1.29 is 9.21 Å². The topological polar surface area (TPSA) is 68.3 Å². The molecular weight excluding hydrogens is 228 g/mol. The minimum absolute atomic E-state index is 0.222.